The van der Waals surface area contributed by atoms with Gasteiger partial charge in [0.05, 0.1) is 0 Å². The summed E-state index contributed by atoms with van der Waals surface area (Å²) in [5.41, 5.74) is 0. The molecule has 0 amide bonds. The van der Waals surface area contributed by atoms with Crippen molar-refractivity contribution >= 4 is 0 Å². The number of hydrogen-bond acceptors (Lipinski definition) is 3. The van der Waals surface area contributed by atoms with E-state index in [2.05, 4.69) is 81.5 Å². The molecule has 0 aliphatic carbocycles. The van der Waals surface area contributed by atoms with Gasteiger partial charge in [-0.2, -0.15) is 0 Å². The molecule has 1 fully saturated rings. The minimum Gasteiger partial charge on any atom is -0.381 e. The van der Waals surface area contributed by atoms with E-state index in [1.807, 2.05) is 11.9 Å². The van der Waals surface area contributed by atoms with E-state index in [9.17, 15) is 0 Å². The van der Waals surface area contributed by atoms with Crippen molar-refractivity contribution in [3.63, 3.8) is 0 Å². The molecule has 24 heavy (non-hydrogen) atoms. The van der Waals surface area contributed by atoms with Crippen molar-refractivity contribution in [1.29, 1.82) is 0 Å². The van der Waals surface area contributed by atoms with Gasteiger partial charge in [-0.3, -0.25) is 0 Å². The summed E-state index contributed by atoms with van der Waals surface area (Å²) >= 11 is 0. The molecule has 0 radical (unpaired) electrons. The monoisotopic (exact) mass is 333 g/mol. The maximum Gasteiger partial charge on any atom is 0.0174 e. The van der Waals surface area contributed by atoms with Gasteiger partial charge in [-0.1, -0.05) is 39.0 Å². The topological polar surface area (TPSA) is 9.72 Å². The molecule has 0 spiro atoms. The predicted molar refractivity (Wildman–Crippen MR) is 107 cm³/mol. The summed E-state index contributed by atoms with van der Waals surface area (Å²) in [6.45, 7) is 10.6. The van der Waals surface area contributed by atoms with Gasteiger partial charge in [-0.05, 0) is 75.8 Å². The zero-order valence-corrected chi connectivity index (χ0v) is 16.8. The van der Waals surface area contributed by atoms with Gasteiger partial charge in [0.25, 0.3) is 0 Å². The van der Waals surface area contributed by atoms with Crippen molar-refractivity contribution < 1.29 is 0 Å². The van der Waals surface area contributed by atoms with Crippen LogP contribution in [0, 0.1) is 17.8 Å². The van der Waals surface area contributed by atoms with E-state index in [0.29, 0.717) is 5.92 Å². The van der Waals surface area contributed by atoms with Gasteiger partial charge in [-0.25, -0.2) is 0 Å². The van der Waals surface area contributed by atoms with Crippen LogP contribution < -0.4 is 0 Å². The summed E-state index contributed by atoms with van der Waals surface area (Å²) in [5.74, 6) is 2.39. The molecule has 3 aliphatic rings. The van der Waals surface area contributed by atoms with E-state index >= 15 is 0 Å². The Morgan fingerprint density at radius 3 is 1.67 bits per heavy atom. The van der Waals surface area contributed by atoms with Crippen molar-refractivity contribution in [1.82, 2.24) is 14.7 Å². The Bertz CT molecular complexity index is 353. The first-order chi connectivity index (χ1) is 11.4. The minimum absolute atomic E-state index is 0.617. The number of rotatable bonds is 0. The second-order valence-electron chi connectivity index (χ2n) is 7.78. The fourth-order valence-electron chi connectivity index (χ4n) is 2.67. The van der Waals surface area contributed by atoms with E-state index in [1.54, 1.807) is 0 Å². The fourth-order valence-corrected chi connectivity index (χ4v) is 2.67. The molecule has 138 valence electrons. The van der Waals surface area contributed by atoms with Gasteiger partial charge in [0.2, 0.25) is 0 Å². The molecular weight excluding hydrogens is 294 g/mol. The maximum atomic E-state index is 2.40. The van der Waals surface area contributed by atoms with Gasteiger partial charge in [-0.15, -0.1) is 0 Å². The van der Waals surface area contributed by atoms with Gasteiger partial charge < -0.3 is 14.7 Å². The van der Waals surface area contributed by atoms with Crippen molar-refractivity contribution in [3.05, 3.63) is 36.8 Å². The Morgan fingerprint density at radius 2 is 1.29 bits per heavy atom. The predicted octanol–water partition coefficient (Wildman–Crippen LogP) is 4.42. The number of likely N-dealkylation sites (tertiary alicyclic amines) is 1. The molecule has 3 rings (SSSR count). The normalized spacial score (nSPS) is 25.0. The van der Waals surface area contributed by atoms with E-state index in [0.717, 1.165) is 11.8 Å². The van der Waals surface area contributed by atoms with Crippen LogP contribution in [0.1, 0.15) is 40.0 Å². The van der Waals surface area contributed by atoms with E-state index in [1.165, 1.54) is 38.9 Å². The Hall–Kier alpha value is -1.22. The number of piperidine rings is 1. The second-order valence-corrected chi connectivity index (χ2v) is 7.78. The lowest BCUT2D eigenvalue weighted by molar-refractivity contribution is 0.230. The molecule has 0 unspecified atom stereocenters. The molecule has 3 nitrogen and oxygen atoms in total. The highest BCUT2D eigenvalue weighted by atomic mass is 15.1. The molecule has 3 heterocycles. The number of allylic oxidation sites excluding steroid dienone is 3. The number of nitrogens with zero attached hydrogens (tertiary/aromatic N) is 3. The van der Waals surface area contributed by atoms with Crippen LogP contribution in [-0.4, -0.2) is 55.5 Å². The lowest BCUT2D eigenvalue weighted by Gasteiger charge is -2.26. The SMILES string of the molecule is CC1C=CN(C)C=C1.CC1CCN(C)CC1.C[C@H]1C=CN(C)CC1. The van der Waals surface area contributed by atoms with E-state index < -0.39 is 0 Å². The highest BCUT2D eigenvalue weighted by Gasteiger charge is 2.10. The first-order valence-electron chi connectivity index (χ1n) is 9.52. The molecule has 0 bridgehead atoms. The lowest BCUT2D eigenvalue weighted by atomic mass is 10.00. The van der Waals surface area contributed by atoms with E-state index in [-0.39, 0.29) is 0 Å². The summed E-state index contributed by atoms with van der Waals surface area (Å²) in [4.78, 5) is 6.67. The molecule has 0 N–H and O–H groups in total. The third-order valence-corrected chi connectivity index (χ3v) is 4.86. The van der Waals surface area contributed by atoms with Gasteiger partial charge in [0.15, 0.2) is 0 Å². The molecule has 3 heteroatoms. The Kier molecular flexibility index (Phi) is 9.85. The smallest absolute Gasteiger partial charge is 0.0174 e. The quantitative estimate of drug-likeness (QED) is 0.650. The van der Waals surface area contributed by atoms with Crippen molar-refractivity contribution in [2.75, 3.05) is 40.8 Å². The Morgan fingerprint density at radius 1 is 0.708 bits per heavy atom. The summed E-state index contributed by atoms with van der Waals surface area (Å²) in [5, 5.41) is 0. The van der Waals surface area contributed by atoms with Crippen LogP contribution in [0.25, 0.3) is 0 Å². The van der Waals surface area contributed by atoms with Crippen molar-refractivity contribution in [2.24, 2.45) is 17.8 Å². The first kappa shape index (κ1) is 20.8. The number of hydrogen-bond donors (Lipinski definition) is 0. The average Bonchev–Trinajstić information content (AvgIpc) is 2.57. The van der Waals surface area contributed by atoms with Crippen LogP contribution >= 0.6 is 0 Å². The zero-order valence-electron chi connectivity index (χ0n) is 16.8. The van der Waals surface area contributed by atoms with Crippen molar-refractivity contribution in [3.8, 4) is 0 Å². The molecule has 1 atom stereocenters. The molecule has 0 aromatic rings. The standard InChI is InChI=1S/C7H15N.C7H13N.C7H11N/c3*1-7-3-5-8(2)6-4-7/h7H,3-6H2,1-2H3;3,5,7H,4,6H2,1-2H3;3-7H,1-2H3/t;7-;/m.0./s1. The van der Waals surface area contributed by atoms with Gasteiger partial charge >= 0.3 is 0 Å². The fraction of sp³-hybridized carbons (Fsp3) is 0.714. The summed E-state index contributed by atoms with van der Waals surface area (Å²) in [7, 11) is 6.34. The van der Waals surface area contributed by atoms with Crippen molar-refractivity contribution in [2.45, 2.75) is 40.0 Å². The van der Waals surface area contributed by atoms with Crippen LogP contribution in [0.5, 0.6) is 0 Å². The zero-order chi connectivity index (χ0) is 17.9. The summed E-state index contributed by atoms with van der Waals surface area (Å²) in [6, 6.07) is 0. The molecular formula is C21H39N3. The highest BCUT2D eigenvalue weighted by Crippen LogP contribution is 2.13. The second kappa shape index (κ2) is 11.4. The average molecular weight is 334 g/mol. The minimum atomic E-state index is 0.617. The Balaban J connectivity index is 0.000000180. The maximum absolute atomic E-state index is 2.40. The van der Waals surface area contributed by atoms with Crippen LogP contribution in [-0.2, 0) is 0 Å². The third kappa shape index (κ3) is 9.82. The van der Waals surface area contributed by atoms with E-state index in [4.69, 9.17) is 0 Å². The van der Waals surface area contributed by atoms with Gasteiger partial charge in [0.1, 0.15) is 0 Å². The largest absolute Gasteiger partial charge is 0.381 e. The molecule has 0 aromatic carbocycles. The van der Waals surface area contributed by atoms with Crippen LogP contribution in [0.15, 0.2) is 36.8 Å². The molecule has 0 aromatic heterocycles. The van der Waals surface area contributed by atoms with Crippen LogP contribution in [0.4, 0.5) is 0 Å². The Labute approximate surface area is 150 Å². The lowest BCUT2D eigenvalue weighted by Crippen LogP contribution is -2.28. The molecule has 0 saturated carbocycles. The van der Waals surface area contributed by atoms with Crippen LogP contribution in [0.2, 0.25) is 0 Å². The summed E-state index contributed by atoms with van der Waals surface area (Å²) in [6.07, 6.45) is 17.0. The molecule has 3 aliphatic heterocycles. The van der Waals surface area contributed by atoms with Gasteiger partial charge in [0, 0.05) is 20.6 Å². The first-order valence-corrected chi connectivity index (χ1v) is 9.52. The third-order valence-electron chi connectivity index (χ3n) is 4.86. The summed E-state index contributed by atoms with van der Waals surface area (Å²) < 4.78 is 0. The highest BCUT2D eigenvalue weighted by molar-refractivity contribution is 5.04. The molecule has 1 saturated heterocycles. The van der Waals surface area contributed by atoms with Crippen LogP contribution in [0.3, 0.4) is 0 Å².